The first-order valence-electron chi connectivity index (χ1n) is 8.46. The van der Waals surface area contributed by atoms with Crippen LogP contribution in [0.1, 0.15) is 16.1 Å². The number of aromatic amines is 1. The van der Waals surface area contributed by atoms with Gasteiger partial charge in [0.05, 0.1) is 17.2 Å². The summed E-state index contributed by atoms with van der Waals surface area (Å²) in [5.41, 5.74) is 2.84. The molecular weight excluding hydrogens is 358 g/mol. The average molecular weight is 373 g/mol. The summed E-state index contributed by atoms with van der Waals surface area (Å²) < 4.78 is 1.11. The summed E-state index contributed by atoms with van der Waals surface area (Å²) in [6, 6.07) is 15.8. The van der Waals surface area contributed by atoms with Crippen LogP contribution >= 0.6 is 0 Å². The Kier molecular flexibility index (Phi) is 4.29. The fraction of sp³-hybridized carbons (Fsp3) is 0.0500. The third kappa shape index (κ3) is 3.07. The molecule has 138 valence electrons. The molecule has 28 heavy (non-hydrogen) atoms. The van der Waals surface area contributed by atoms with Gasteiger partial charge in [0.25, 0.3) is 17.0 Å². The predicted molar refractivity (Wildman–Crippen MR) is 107 cm³/mol. The quantitative estimate of drug-likeness (QED) is 0.419. The lowest BCUT2D eigenvalue weighted by molar-refractivity contribution is 0.0950. The van der Waals surface area contributed by atoms with Crippen molar-refractivity contribution >= 4 is 33.8 Å². The molecule has 0 spiro atoms. The molecule has 8 heteroatoms. The van der Waals surface area contributed by atoms with Crippen molar-refractivity contribution < 1.29 is 4.79 Å². The lowest BCUT2D eigenvalue weighted by atomic mass is 10.1. The maximum atomic E-state index is 12.5. The van der Waals surface area contributed by atoms with Gasteiger partial charge in [-0.1, -0.05) is 36.4 Å². The van der Waals surface area contributed by atoms with E-state index < -0.39 is 5.91 Å². The molecule has 0 fully saturated rings. The van der Waals surface area contributed by atoms with Crippen LogP contribution in [0.2, 0.25) is 0 Å². The zero-order valence-corrected chi connectivity index (χ0v) is 14.8. The highest BCUT2D eigenvalue weighted by Crippen LogP contribution is 2.13. The molecule has 8 nitrogen and oxygen atoms in total. The number of fused-ring (bicyclic) bond motifs is 2. The number of carbonyl (C=O) groups excluding carboxylic acids is 1. The van der Waals surface area contributed by atoms with Crippen molar-refractivity contribution in [2.75, 3.05) is 0 Å². The summed E-state index contributed by atoms with van der Waals surface area (Å²) in [6.45, 7) is 0. The van der Waals surface area contributed by atoms with Gasteiger partial charge in [-0.15, -0.1) is 0 Å². The lowest BCUT2D eigenvalue weighted by Crippen LogP contribution is -2.27. The molecule has 0 saturated carbocycles. The molecule has 0 unspecified atom stereocenters. The van der Waals surface area contributed by atoms with Crippen molar-refractivity contribution in [3.8, 4) is 0 Å². The number of nitrogens with one attached hydrogen (secondary N) is 2. The number of rotatable bonds is 3. The van der Waals surface area contributed by atoms with Crippen molar-refractivity contribution in [1.82, 2.24) is 20.2 Å². The Labute approximate surface area is 158 Å². The zero-order chi connectivity index (χ0) is 19.7. The van der Waals surface area contributed by atoms with Crippen molar-refractivity contribution in [3.05, 3.63) is 86.6 Å². The second-order valence-corrected chi connectivity index (χ2v) is 6.16. The van der Waals surface area contributed by atoms with Gasteiger partial charge in [-0.2, -0.15) is 10.2 Å². The van der Waals surface area contributed by atoms with E-state index >= 15 is 0 Å². The number of aromatic nitrogens is 3. The molecule has 1 amide bonds. The number of para-hydroxylation sites is 1. The fourth-order valence-corrected chi connectivity index (χ4v) is 2.94. The van der Waals surface area contributed by atoms with E-state index in [-0.39, 0.29) is 16.8 Å². The standard InChI is InChI=1S/C20H15N5O3/c1-25-20(28)15-8-4-3-7-14(15)17(24-25)19(27)23-21-11-13-10-12-6-2-5-9-16(12)22-18(13)26/h2-11H,1H3,(H,22,26)(H,23,27)/b21-11+. The summed E-state index contributed by atoms with van der Waals surface area (Å²) in [4.78, 5) is 39.6. The zero-order valence-electron chi connectivity index (χ0n) is 14.8. The maximum absolute atomic E-state index is 12.5. The molecule has 0 atom stereocenters. The highest BCUT2D eigenvalue weighted by atomic mass is 16.2. The Balaban J connectivity index is 1.64. The van der Waals surface area contributed by atoms with E-state index in [1.165, 1.54) is 13.3 Å². The van der Waals surface area contributed by atoms with Gasteiger partial charge in [0.1, 0.15) is 0 Å². The van der Waals surface area contributed by atoms with Gasteiger partial charge in [0.15, 0.2) is 5.69 Å². The molecule has 0 saturated heterocycles. The van der Waals surface area contributed by atoms with E-state index in [0.717, 1.165) is 15.6 Å². The van der Waals surface area contributed by atoms with Crippen LogP contribution < -0.4 is 16.5 Å². The highest BCUT2D eigenvalue weighted by molar-refractivity contribution is 6.05. The fourth-order valence-electron chi connectivity index (χ4n) is 2.94. The molecule has 0 radical (unpaired) electrons. The van der Waals surface area contributed by atoms with Crippen LogP contribution in [0, 0.1) is 0 Å². The van der Waals surface area contributed by atoms with Gasteiger partial charge >= 0.3 is 0 Å². The van der Waals surface area contributed by atoms with E-state index in [9.17, 15) is 14.4 Å². The van der Waals surface area contributed by atoms with Crippen molar-refractivity contribution in [1.29, 1.82) is 0 Å². The summed E-state index contributed by atoms with van der Waals surface area (Å²) in [5.74, 6) is -0.583. The van der Waals surface area contributed by atoms with Gasteiger partial charge in [-0.05, 0) is 23.6 Å². The third-order valence-corrected chi connectivity index (χ3v) is 4.32. The van der Waals surface area contributed by atoms with Gasteiger partial charge in [0.2, 0.25) is 0 Å². The minimum Gasteiger partial charge on any atom is -0.321 e. The molecule has 2 heterocycles. The lowest BCUT2D eigenvalue weighted by Gasteiger charge is -2.06. The average Bonchev–Trinajstić information content (AvgIpc) is 2.71. The number of benzene rings is 2. The minimum atomic E-state index is -0.583. The van der Waals surface area contributed by atoms with E-state index in [1.54, 1.807) is 36.4 Å². The van der Waals surface area contributed by atoms with Gasteiger partial charge in [-0.25, -0.2) is 10.1 Å². The largest absolute Gasteiger partial charge is 0.321 e. The molecule has 2 aromatic heterocycles. The predicted octanol–water partition coefficient (Wildman–Crippen LogP) is 1.54. The first-order valence-corrected chi connectivity index (χ1v) is 8.46. The van der Waals surface area contributed by atoms with E-state index in [4.69, 9.17) is 0 Å². The number of carbonyl (C=O) groups is 1. The van der Waals surface area contributed by atoms with Crippen LogP contribution in [0.4, 0.5) is 0 Å². The Hall–Kier alpha value is -4.07. The number of pyridine rings is 1. The van der Waals surface area contributed by atoms with Gasteiger partial charge in [-0.3, -0.25) is 14.4 Å². The van der Waals surface area contributed by atoms with Crippen LogP contribution in [0.25, 0.3) is 21.7 Å². The normalized spacial score (nSPS) is 11.3. The number of aryl methyl sites for hydroxylation is 1. The van der Waals surface area contributed by atoms with Gasteiger partial charge < -0.3 is 4.98 Å². The molecule has 4 aromatic rings. The first kappa shape index (κ1) is 17.3. The molecule has 4 rings (SSSR count). The van der Waals surface area contributed by atoms with E-state index in [2.05, 4.69) is 20.6 Å². The molecule has 0 bridgehead atoms. The van der Waals surface area contributed by atoms with Crippen molar-refractivity contribution in [3.63, 3.8) is 0 Å². The van der Waals surface area contributed by atoms with Crippen LogP contribution in [0.3, 0.4) is 0 Å². The van der Waals surface area contributed by atoms with Crippen molar-refractivity contribution in [2.45, 2.75) is 0 Å². The minimum absolute atomic E-state index is 0.0715. The summed E-state index contributed by atoms with van der Waals surface area (Å²) in [5, 5.41) is 9.58. The monoisotopic (exact) mass is 373 g/mol. The molecule has 2 aromatic carbocycles. The Bertz CT molecular complexity index is 1370. The van der Waals surface area contributed by atoms with Crippen LogP contribution in [0.15, 0.2) is 69.3 Å². The van der Waals surface area contributed by atoms with E-state index in [1.807, 2.05) is 18.2 Å². The van der Waals surface area contributed by atoms with Crippen LogP contribution in [0.5, 0.6) is 0 Å². The molecule has 0 aliphatic rings. The summed E-state index contributed by atoms with van der Waals surface area (Å²) in [7, 11) is 1.48. The number of H-pyrrole nitrogens is 1. The molecule has 0 aliphatic carbocycles. The smallest absolute Gasteiger partial charge is 0.292 e. The number of nitrogens with zero attached hydrogens (tertiary/aromatic N) is 3. The highest BCUT2D eigenvalue weighted by Gasteiger charge is 2.15. The van der Waals surface area contributed by atoms with Crippen LogP contribution in [-0.4, -0.2) is 26.9 Å². The van der Waals surface area contributed by atoms with Crippen molar-refractivity contribution in [2.24, 2.45) is 12.1 Å². The number of hydrogen-bond donors (Lipinski definition) is 2. The Morgan fingerprint density at radius 3 is 2.64 bits per heavy atom. The number of hydrogen-bond acceptors (Lipinski definition) is 5. The summed E-state index contributed by atoms with van der Waals surface area (Å²) >= 11 is 0. The third-order valence-electron chi connectivity index (χ3n) is 4.32. The second kappa shape index (κ2) is 6.92. The molecule has 0 aliphatic heterocycles. The first-order chi connectivity index (χ1) is 13.5. The molecular formula is C20H15N5O3. The number of hydrazone groups is 1. The Morgan fingerprint density at radius 2 is 1.82 bits per heavy atom. The van der Waals surface area contributed by atoms with Crippen LogP contribution in [-0.2, 0) is 7.05 Å². The maximum Gasteiger partial charge on any atom is 0.292 e. The summed E-state index contributed by atoms with van der Waals surface area (Å²) in [6.07, 6.45) is 1.27. The van der Waals surface area contributed by atoms with E-state index in [0.29, 0.717) is 16.3 Å². The number of amides is 1. The molecule has 2 N–H and O–H groups in total. The SMILES string of the molecule is Cn1nc(C(=O)N/N=C/c2cc3ccccc3[nH]c2=O)c2ccccc2c1=O. The second-order valence-electron chi connectivity index (χ2n) is 6.16. The Morgan fingerprint density at radius 1 is 1.11 bits per heavy atom. The topological polar surface area (TPSA) is 109 Å². The van der Waals surface area contributed by atoms with Gasteiger partial charge in [0, 0.05) is 18.0 Å².